The molecule has 2 aromatic rings. The van der Waals surface area contributed by atoms with E-state index in [1.807, 2.05) is 12.2 Å². The summed E-state index contributed by atoms with van der Waals surface area (Å²) in [7, 11) is 0. The molecule has 1 heterocycles. The molecule has 30 heavy (non-hydrogen) atoms. The molecule has 1 saturated carbocycles. The molecule has 5 rings (SSSR count). The Morgan fingerprint density at radius 2 is 1.83 bits per heavy atom. The maximum atomic E-state index is 13.3. The molecule has 0 N–H and O–H groups in total. The number of fused-ring (bicyclic) bond motifs is 5. The summed E-state index contributed by atoms with van der Waals surface area (Å²) < 4.78 is 18.9. The number of carbonyl (C=O) groups is 2. The van der Waals surface area contributed by atoms with Crippen LogP contribution < -0.4 is 4.74 Å². The highest BCUT2D eigenvalue weighted by Crippen LogP contribution is 2.52. The highest BCUT2D eigenvalue weighted by atomic mass is 35.5. The van der Waals surface area contributed by atoms with Crippen molar-refractivity contribution in [3.8, 4) is 5.75 Å². The molecule has 2 aromatic carbocycles. The number of hydrogen-bond acceptors (Lipinski definition) is 4. The third-order valence-electron chi connectivity index (χ3n) is 6.01. The number of allylic oxidation sites excluding steroid dienone is 2. The number of benzene rings is 2. The summed E-state index contributed by atoms with van der Waals surface area (Å²) in [5.74, 6) is -0.560. The second kappa shape index (κ2) is 7.36. The zero-order valence-electron chi connectivity index (χ0n) is 15.9. The molecule has 2 bridgehead atoms. The average Bonchev–Trinajstić information content (AvgIpc) is 3.40. The van der Waals surface area contributed by atoms with E-state index in [9.17, 15) is 14.0 Å². The standard InChI is InChI=1S/C23H18ClFN2O3/c24-18-9-13(4-7-19(18)30-12-14-2-1-3-17(25)8-14)11-26-27-22(28)20-15-5-6-16(10-15)21(20)23(27)29/h1-9,11,15-16,20-21H,10,12H2/t15-,16-,20-,21+/m0/s1. The zero-order valence-corrected chi connectivity index (χ0v) is 16.6. The summed E-state index contributed by atoms with van der Waals surface area (Å²) >= 11 is 6.29. The van der Waals surface area contributed by atoms with Gasteiger partial charge in [-0.25, -0.2) is 4.39 Å². The van der Waals surface area contributed by atoms with Crippen molar-refractivity contribution in [1.29, 1.82) is 0 Å². The van der Waals surface area contributed by atoms with Crippen molar-refractivity contribution in [3.05, 3.63) is 76.6 Å². The highest BCUT2D eigenvalue weighted by Gasteiger charge is 2.59. The van der Waals surface area contributed by atoms with Gasteiger partial charge in [-0.2, -0.15) is 10.1 Å². The van der Waals surface area contributed by atoms with Crippen LogP contribution >= 0.6 is 11.6 Å². The molecule has 4 atom stereocenters. The van der Waals surface area contributed by atoms with Crippen molar-refractivity contribution in [2.75, 3.05) is 0 Å². The number of amides is 2. The molecule has 5 nitrogen and oxygen atoms in total. The highest BCUT2D eigenvalue weighted by molar-refractivity contribution is 6.32. The average molecular weight is 425 g/mol. The lowest BCUT2D eigenvalue weighted by Gasteiger charge is -2.13. The first-order valence-electron chi connectivity index (χ1n) is 9.78. The van der Waals surface area contributed by atoms with Crippen LogP contribution in [0.1, 0.15) is 17.5 Å². The number of carbonyl (C=O) groups excluding carboxylic acids is 2. The molecule has 2 amide bonds. The van der Waals surface area contributed by atoms with E-state index >= 15 is 0 Å². The maximum absolute atomic E-state index is 13.3. The molecule has 1 aliphatic heterocycles. The van der Waals surface area contributed by atoms with Crippen LogP contribution in [-0.4, -0.2) is 23.0 Å². The van der Waals surface area contributed by atoms with Crippen molar-refractivity contribution >= 4 is 29.6 Å². The molecule has 2 aliphatic carbocycles. The lowest BCUT2D eigenvalue weighted by atomic mass is 9.85. The third-order valence-corrected chi connectivity index (χ3v) is 6.30. The Hall–Kier alpha value is -2.99. The third kappa shape index (κ3) is 3.21. The fraction of sp³-hybridized carbons (Fsp3) is 0.261. The van der Waals surface area contributed by atoms with Gasteiger partial charge in [0.1, 0.15) is 18.2 Å². The minimum absolute atomic E-state index is 0.153. The van der Waals surface area contributed by atoms with E-state index in [2.05, 4.69) is 5.10 Å². The van der Waals surface area contributed by atoms with Crippen LogP contribution in [0.5, 0.6) is 5.75 Å². The maximum Gasteiger partial charge on any atom is 0.254 e. The fourth-order valence-electron chi connectivity index (χ4n) is 4.63. The molecule has 0 spiro atoms. The van der Waals surface area contributed by atoms with E-state index in [0.29, 0.717) is 21.9 Å². The van der Waals surface area contributed by atoms with Gasteiger partial charge in [0.25, 0.3) is 11.8 Å². The van der Waals surface area contributed by atoms with Gasteiger partial charge in [0.2, 0.25) is 0 Å². The predicted octanol–water partition coefficient (Wildman–Crippen LogP) is 4.20. The van der Waals surface area contributed by atoms with E-state index < -0.39 is 0 Å². The Balaban J connectivity index is 1.27. The van der Waals surface area contributed by atoms with Crippen LogP contribution in [0.25, 0.3) is 0 Å². The summed E-state index contributed by atoms with van der Waals surface area (Å²) in [6, 6.07) is 11.2. The molecule has 2 fully saturated rings. The smallest absolute Gasteiger partial charge is 0.254 e. The molecule has 7 heteroatoms. The monoisotopic (exact) mass is 424 g/mol. The van der Waals surface area contributed by atoms with E-state index in [1.54, 1.807) is 30.3 Å². The molecule has 1 saturated heterocycles. The number of ether oxygens (including phenoxy) is 1. The number of hydrogen-bond donors (Lipinski definition) is 0. The van der Waals surface area contributed by atoms with E-state index in [0.717, 1.165) is 11.4 Å². The quantitative estimate of drug-likeness (QED) is 0.410. The fourth-order valence-corrected chi connectivity index (χ4v) is 4.87. The number of hydrazone groups is 1. The Labute approximate surface area is 177 Å². The van der Waals surface area contributed by atoms with Crippen LogP contribution in [0.2, 0.25) is 5.02 Å². The molecule has 0 radical (unpaired) electrons. The normalized spacial score (nSPS) is 26.8. The molecule has 0 aromatic heterocycles. The number of nitrogens with zero attached hydrogens (tertiary/aromatic N) is 2. The first kappa shape index (κ1) is 19.0. The minimum atomic E-state index is -0.326. The number of rotatable bonds is 5. The van der Waals surface area contributed by atoms with Crippen LogP contribution in [0.4, 0.5) is 4.39 Å². The van der Waals surface area contributed by atoms with Crippen molar-refractivity contribution in [2.45, 2.75) is 13.0 Å². The van der Waals surface area contributed by atoms with Gasteiger partial charge in [-0.15, -0.1) is 0 Å². The van der Waals surface area contributed by atoms with Crippen LogP contribution in [0.3, 0.4) is 0 Å². The number of halogens is 2. The molecular formula is C23H18ClFN2O3. The van der Waals surface area contributed by atoms with Gasteiger partial charge in [-0.1, -0.05) is 35.9 Å². The lowest BCUT2D eigenvalue weighted by molar-refractivity contribution is -0.140. The predicted molar refractivity (Wildman–Crippen MR) is 109 cm³/mol. The summed E-state index contributed by atoms with van der Waals surface area (Å²) in [6.07, 6.45) is 6.44. The Morgan fingerprint density at radius 1 is 1.10 bits per heavy atom. The van der Waals surface area contributed by atoms with E-state index in [1.165, 1.54) is 18.3 Å². The van der Waals surface area contributed by atoms with Gasteiger partial charge in [0, 0.05) is 0 Å². The first-order valence-corrected chi connectivity index (χ1v) is 10.2. The van der Waals surface area contributed by atoms with E-state index in [-0.39, 0.29) is 47.9 Å². The molecule has 152 valence electrons. The largest absolute Gasteiger partial charge is 0.487 e. The van der Waals surface area contributed by atoms with Crippen molar-refractivity contribution in [2.24, 2.45) is 28.8 Å². The Kier molecular flexibility index (Phi) is 4.66. The van der Waals surface area contributed by atoms with Crippen molar-refractivity contribution in [1.82, 2.24) is 5.01 Å². The van der Waals surface area contributed by atoms with Gasteiger partial charge in [-0.05, 0) is 59.7 Å². The summed E-state index contributed by atoms with van der Waals surface area (Å²) in [5.41, 5.74) is 1.33. The minimum Gasteiger partial charge on any atom is -0.487 e. The van der Waals surface area contributed by atoms with Crippen molar-refractivity contribution < 1.29 is 18.7 Å². The summed E-state index contributed by atoms with van der Waals surface area (Å²) in [5, 5.41) is 5.51. The van der Waals surface area contributed by atoms with Gasteiger partial charge < -0.3 is 4.74 Å². The van der Waals surface area contributed by atoms with Gasteiger partial charge >= 0.3 is 0 Å². The van der Waals surface area contributed by atoms with Crippen molar-refractivity contribution in [3.63, 3.8) is 0 Å². The second-order valence-corrected chi connectivity index (χ2v) is 8.25. The van der Waals surface area contributed by atoms with E-state index in [4.69, 9.17) is 16.3 Å². The lowest BCUT2D eigenvalue weighted by Crippen LogP contribution is -2.28. The number of imide groups is 1. The second-order valence-electron chi connectivity index (χ2n) is 7.84. The first-order chi connectivity index (χ1) is 14.5. The summed E-state index contributed by atoms with van der Waals surface area (Å²) in [4.78, 5) is 25.3. The van der Waals surface area contributed by atoms with Crippen LogP contribution in [0.15, 0.2) is 59.7 Å². The van der Waals surface area contributed by atoms with Crippen LogP contribution in [-0.2, 0) is 16.2 Å². The molecule has 3 aliphatic rings. The topological polar surface area (TPSA) is 59.0 Å². The molecule has 0 unspecified atom stereocenters. The summed E-state index contributed by atoms with van der Waals surface area (Å²) in [6.45, 7) is 0.181. The molecular weight excluding hydrogens is 407 g/mol. The van der Waals surface area contributed by atoms with Crippen LogP contribution in [0, 0.1) is 29.5 Å². The Morgan fingerprint density at radius 3 is 2.50 bits per heavy atom. The Bertz CT molecular complexity index is 1070. The van der Waals surface area contributed by atoms with Gasteiger partial charge in [0.05, 0.1) is 23.1 Å². The van der Waals surface area contributed by atoms with Gasteiger partial charge in [-0.3, -0.25) is 9.59 Å². The van der Waals surface area contributed by atoms with Gasteiger partial charge in [0.15, 0.2) is 0 Å². The zero-order chi connectivity index (χ0) is 20.8. The SMILES string of the molecule is O=C1[C@@H]2[C@H](C(=O)N1N=Cc1ccc(OCc3cccc(F)c3)c(Cl)c1)[C@H]1C=C[C@H]2C1.